The second kappa shape index (κ2) is 9.24. The number of fused-ring (bicyclic) bond motifs is 1. The van der Waals surface area contributed by atoms with Gasteiger partial charge in [-0.05, 0) is 42.7 Å². The molecule has 2 N–H and O–H groups in total. The van der Waals surface area contributed by atoms with Gasteiger partial charge in [-0.2, -0.15) is 0 Å². The van der Waals surface area contributed by atoms with Crippen LogP contribution in [0.15, 0.2) is 59.1 Å². The van der Waals surface area contributed by atoms with Gasteiger partial charge in [-0.25, -0.2) is 4.98 Å². The molecule has 2 aromatic carbocycles. The van der Waals surface area contributed by atoms with E-state index in [1.165, 1.54) is 7.11 Å². The molecule has 1 saturated carbocycles. The third-order valence-electron chi connectivity index (χ3n) is 7.42. The zero-order valence-corrected chi connectivity index (χ0v) is 21.3. The topological polar surface area (TPSA) is 94.8 Å². The number of nitrogens with zero attached hydrogens (tertiary/aromatic N) is 2. The predicted molar refractivity (Wildman–Crippen MR) is 136 cm³/mol. The molecule has 1 amide bonds. The summed E-state index contributed by atoms with van der Waals surface area (Å²) in [6.07, 6.45) is 2.03. The summed E-state index contributed by atoms with van der Waals surface area (Å²) in [5.74, 6) is -2.27. The van der Waals surface area contributed by atoms with E-state index >= 15 is 0 Å². The van der Waals surface area contributed by atoms with Gasteiger partial charge in [0.2, 0.25) is 11.8 Å². The van der Waals surface area contributed by atoms with Gasteiger partial charge < -0.3 is 20.1 Å². The van der Waals surface area contributed by atoms with Crippen LogP contribution in [-0.4, -0.2) is 55.1 Å². The van der Waals surface area contributed by atoms with Crippen molar-refractivity contribution in [1.29, 1.82) is 0 Å². The Kier molecular flexibility index (Phi) is 6.27. The lowest BCUT2D eigenvalue weighted by Crippen LogP contribution is -2.43. The molecule has 5 rings (SSSR count). The van der Waals surface area contributed by atoms with Crippen molar-refractivity contribution >= 4 is 38.7 Å². The molecule has 3 unspecified atom stereocenters. The summed E-state index contributed by atoms with van der Waals surface area (Å²) in [7, 11) is 2.86. The van der Waals surface area contributed by atoms with Crippen LogP contribution in [0.3, 0.4) is 0 Å². The maximum atomic E-state index is 14.0. The van der Waals surface area contributed by atoms with Crippen LogP contribution in [0.2, 0.25) is 0 Å². The normalized spacial score (nSPS) is 20.0. The largest absolute Gasteiger partial charge is 0.481 e. The molecule has 3 atom stereocenters. The molecule has 182 valence electrons. The molecule has 1 spiro atoms. The Balaban J connectivity index is 1.67. The number of likely N-dealkylation sites (tertiary alicyclic amines) is 1. The highest BCUT2D eigenvalue weighted by Crippen LogP contribution is 2.52. The number of pyridine rings is 1. The molecule has 3 aromatic rings. The SMILES string of the molecule is COC(=O)C(C(=O)N1CC(N)C2(CC2)C1)C(c1ccccc1)c1cc2cc(Br)ccc2nc1OC. The van der Waals surface area contributed by atoms with Crippen LogP contribution in [0.5, 0.6) is 5.88 Å². The lowest BCUT2D eigenvalue weighted by atomic mass is 9.79. The average Bonchev–Trinajstić information content (AvgIpc) is 3.58. The highest BCUT2D eigenvalue weighted by molar-refractivity contribution is 9.10. The Hall–Kier alpha value is -2.97. The highest BCUT2D eigenvalue weighted by Gasteiger charge is 2.56. The molecule has 1 saturated heterocycles. The summed E-state index contributed by atoms with van der Waals surface area (Å²) in [6.45, 7) is 1.01. The molecule has 1 aromatic heterocycles. The molecule has 2 heterocycles. The van der Waals surface area contributed by atoms with Crippen molar-refractivity contribution < 1.29 is 19.1 Å². The van der Waals surface area contributed by atoms with Gasteiger partial charge >= 0.3 is 5.97 Å². The number of hydrogen-bond donors (Lipinski definition) is 1. The summed E-state index contributed by atoms with van der Waals surface area (Å²) < 4.78 is 11.8. The van der Waals surface area contributed by atoms with Crippen LogP contribution < -0.4 is 10.5 Å². The summed E-state index contributed by atoms with van der Waals surface area (Å²) in [5.41, 5.74) is 8.59. The molecule has 35 heavy (non-hydrogen) atoms. The van der Waals surface area contributed by atoms with E-state index < -0.39 is 17.8 Å². The lowest BCUT2D eigenvalue weighted by Gasteiger charge is -2.30. The first-order valence-corrected chi connectivity index (χ1v) is 12.5. The fraction of sp³-hybridized carbons (Fsp3) is 0.370. The van der Waals surface area contributed by atoms with Crippen molar-refractivity contribution in [3.8, 4) is 5.88 Å². The number of ether oxygens (including phenoxy) is 2. The van der Waals surface area contributed by atoms with E-state index in [0.29, 0.717) is 24.5 Å². The van der Waals surface area contributed by atoms with Crippen molar-refractivity contribution in [1.82, 2.24) is 9.88 Å². The minimum Gasteiger partial charge on any atom is -0.481 e. The summed E-state index contributed by atoms with van der Waals surface area (Å²) in [4.78, 5) is 33.8. The molecule has 1 aliphatic heterocycles. The molecule has 8 heteroatoms. The first-order valence-electron chi connectivity index (χ1n) is 11.7. The van der Waals surface area contributed by atoms with Crippen LogP contribution in [0.1, 0.15) is 29.9 Å². The van der Waals surface area contributed by atoms with Gasteiger partial charge in [0.05, 0.1) is 19.7 Å². The monoisotopic (exact) mass is 537 g/mol. The number of halogens is 1. The average molecular weight is 538 g/mol. The molecular weight excluding hydrogens is 510 g/mol. The van der Waals surface area contributed by atoms with Crippen LogP contribution in [0.4, 0.5) is 0 Å². The molecule has 2 fully saturated rings. The third kappa shape index (κ3) is 4.29. The van der Waals surface area contributed by atoms with Gasteiger partial charge in [-0.15, -0.1) is 0 Å². The van der Waals surface area contributed by atoms with E-state index in [1.54, 1.807) is 12.0 Å². The third-order valence-corrected chi connectivity index (χ3v) is 7.92. The van der Waals surface area contributed by atoms with Crippen LogP contribution in [0, 0.1) is 11.3 Å². The molecule has 1 aliphatic carbocycles. The van der Waals surface area contributed by atoms with Crippen molar-refractivity contribution in [2.45, 2.75) is 24.8 Å². The van der Waals surface area contributed by atoms with Crippen molar-refractivity contribution in [3.05, 3.63) is 70.2 Å². The van der Waals surface area contributed by atoms with Gasteiger partial charge in [0.15, 0.2) is 0 Å². The summed E-state index contributed by atoms with van der Waals surface area (Å²) in [6, 6.07) is 17.2. The molecular formula is C27H28BrN3O4. The van der Waals surface area contributed by atoms with Gasteiger partial charge in [-0.3, -0.25) is 9.59 Å². The van der Waals surface area contributed by atoms with Gasteiger partial charge in [0.1, 0.15) is 5.92 Å². The van der Waals surface area contributed by atoms with Gasteiger partial charge in [0.25, 0.3) is 0 Å². The van der Waals surface area contributed by atoms with E-state index in [9.17, 15) is 9.59 Å². The van der Waals surface area contributed by atoms with E-state index in [-0.39, 0.29) is 17.4 Å². The Labute approximate surface area is 212 Å². The number of aromatic nitrogens is 1. The molecule has 2 aliphatic rings. The number of rotatable bonds is 6. The number of benzene rings is 2. The van der Waals surface area contributed by atoms with E-state index in [0.717, 1.165) is 33.8 Å². The second-order valence-electron chi connectivity index (χ2n) is 9.50. The van der Waals surface area contributed by atoms with Crippen molar-refractivity contribution in [2.24, 2.45) is 17.1 Å². The number of amides is 1. The first kappa shape index (κ1) is 23.8. The maximum Gasteiger partial charge on any atom is 0.319 e. The summed E-state index contributed by atoms with van der Waals surface area (Å²) in [5, 5.41) is 0.868. The first-order chi connectivity index (χ1) is 16.9. The number of nitrogens with two attached hydrogens (primary N) is 1. The van der Waals surface area contributed by atoms with E-state index in [2.05, 4.69) is 15.9 Å². The Morgan fingerprint density at radius 2 is 1.89 bits per heavy atom. The lowest BCUT2D eigenvalue weighted by molar-refractivity contribution is -0.154. The Morgan fingerprint density at radius 1 is 1.14 bits per heavy atom. The van der Waals surface area contributed by atoms with E-state index in [1.807, 2.05) is 54.6 Å². The predicted octanol–water partition coefficient (Wildman–Crippen LogP) is 3.88. The Morgan fingerprint density at radius 3 is 2.51 bits per heavy atom. The number of hydrogen-bond acceptors (Lipinski definition) is 6. The standard InChI is InChI=1S/C27H28BrN3O4/c1-34-24-19(13-17-12-18(28)8-9-20(17)30-24)22(16-6-4-3-5-7-16)23(26(33)35-2)25(32)31-14-21(29)27(15-31)10-11-27/h3-9,12-13,21-23H,10-11,14-15,29H2,1-2H3. The fourth-order valence-corrected chi connectivity index (χ4v) is 5.68. The van der Waals surface area contributed by atoms with E-state index in [4.69, 9.17) is 20.2 Å². The van der Waals surface area contributed by atoms with Crippen molar-refractivity contribution in [3.63, 3.8) is 0 Å². The molecule has 0 bridgehead atoms. The van der Waals surface area contributed by atoms with Gasteiger partial charge in [0, 0.05) is 45.9 Å². The zero-order valence-electron chi connectivity index (χ0n) is 19.7. The smallest absolute Gasteiger partial charge is 0.319 e. The van der Waals surface area contributed by atoms with Crippen LogP contribution >= 0.6 is 15.9 Å². The van der Waals surface area contributed by atoms with Crippen LogP contribution in [0.25, 0.3) is 10.9 Å². The molecule has 7 nitrogen and oxygen atoms in total. The minimum atomic E-state index is -1.11. The number of esters is 1. The number of methoxy groups -OCH3 is 2. The number of carbonyl (C=O) groups excluding carboxylic acids is 2. The number of carbonyl (C=O) groups is 2. The van der Waals surface area contributed by atoms with Crippen LogP contribution in [-0.2, 0) is 14.3 Å². The second-order valence-corrected chi connectivity index (χ2v) is 10.4. The maximum absolute atomic E-state index is 14.0. The fourth-order valence-electron chi connectivity index (χ4n) is 5.30. The molecule has 0 radical (unpaired) electrons. The Bertz CT molecular complexity index is 1280. The minimum absolute atomic E-state index is 0.00690. The zero-order chi connectivity index (χ0) is 24.7. The highest BCUT2D eigenvalue weighted by atomic mass is 79.9. The summed E-state index contributed by atoms with van der Waals surface area (Å²) >= 11 is 3.52. The van der Waals surface area contributed by atoms with Gasteiger partial charge in [-0.1, -0.05) is 46.3 Å². The van der Waals surface area contributed by atoms with Crippen molar-refractivity contribution in [2.75, 3.05) is 27.3 Å². The quantitative estimate of drug-likeness (QED) is 0.378.